The molecule has 0 unspecified atom stereocenters. The van der Waals surface area contributed by atoms with Gasteiger partial charge in [-0.1, -0.05) is 11.3 Å². The number of fused-ring (bicyclic) bond motifs is 2. The van der Waals surface area contributed by atoms with Crippen LogP contribution in [0.5, 0.6) is 5.88 Å². The summed E-state index contributed by atoms with van der Waals surface area (Å²) in [6.45, 7) is -0.595. The largest absolute Gasteiger partial charge is 0.479 e. The molecular weight excluding hydrogens is 465 g/mol. The van der Waals surface area contributed by atoms with Gasteiger partial charge < -0.3 is 15.2 Å². The van der Waals surface area contributed by atoms with Gasteiger partial charge in [-0.2, -0.15) is 18.2 Å². The third kappa shape index (κ3) is 3.67. The number of aromatic nitrogens is 6. The molecule has 5 rings (SSSR count). The highest BCUT2D eigenvalue weighted by atomic mass is 19.4. The van der Waals surface area contributed by atoms with Crippen LogP contribution in [0.25, 0.3) is 27.7 Å². The molecule has 0 aliphatic heterocycles. The molecule has 1 fully saturated rings. The van der Waals surface area contributed by atoms with E-state index in [-0.39, 0.29) is 11.8 Å². The molecule has 4 aromatic rings. The van der Waals surface area contributed by atoms with Gasteiger partial charge in [-0.05, 0) is 23.8 Å². The van der Waals surface area contributed by atoms with Crippen LogP contribution in [0.4, 0.5) is 27.9 Å². The standard InChI is InChI=1S/C20H18F5N7O2/c1-34-17-16-12(10-2-3-13-14(6-10)32(30-28-13)9-15(21)22)4-5-31(16)29-18(27-17)26-11-7-19(33,8-11)20(23,24)25/h2-6,11,15,33H,7-9H2,1H3,(H,26,29). The molecule has 0 radical (unpaired) electrons. The minimum atomic E-state index is -4.70. The minimum Gasteiger partial charge on any atom is -0.479 e. The van der Waals surface area contributed by atoms with Crippen molar-refractivity contribution in [1.82, 2.24) is 29.6 Å². The minimum absolute atomic E-state index is 0.0374. The molecule has 1 aliphatic rings. The average Bonchev–Trinajstić information content (AvgIpc) is 3.34. The highest BCUT2D eigenvalue weighted by Crippen LogP contribution is 2.46. The molecule has 0 bridgehead atoms. The second kappa shape index (κ2) is 7.75. The first-order valence-corrected chi connectivity index (χ1v) is 10.2. The molecule has 2 N–H and O–H groups in total. The van der Waals surface area contributed by atoms with Gasteiger partial charge in [0.1, 0.15) is 17.6 Å². The van der Waals surface area contributed by atoms with Crippen LogP contribution in [-0.2, 0) is 6.54 Å². The summed E-state index contributed by atoms with van der Waals surface area (Å²) in [7, 11) is 1.39. The van der Waals surface area contributed by atoms with Gasteiger partial charge in [-0.15, -0.1) is 10.2 Å². The lowest BCUT2D eigenvalue weighted by molar-refractivity contribution is -0.288. The van der Waals surface area contributed by atoms with E-state index in [0.717, 1.165) is 4.68 Å². The molecule has 0 saturated heterocycles. The SMILES string of the molecule is COc1nc(NC2CC(O)(C(F)(F)F)C2)nn2ccc(-c3ccc4nnn(CC(F)F)c4c3)c12. The van der Waals surface area contributed by atoms with Crippen molar-refractivity contribution in [3.63, 3.8) is 0 Å². The first-order valence-electron chi connectivity index (χ1n) is 10.2. The normalized spacial score (nSPS) is 20.8. The van der Waals surface area contributed by atoms with Crippen LogP contribution < -0.4 is 10.1 Å². The Morgan fingerprint density at radius 1 is 1.26 bits per heavy atom. The summed E-state index contributed by atoms with van der Waals surface area (Å²) in [6.07, 6.45) is -6.71. The number of halogens is 5. The number of ether oxygens (including phenoxy) is 1. The zero-order valence-corrected chi connectivity index (χ0v) is 17.6. The Hall–Kier alpha value is -3.55. The predicted octanol–water partition coefficient (Wildman–Crippen LogP) is 3.28. The van der Waals surface area contributed by atoms with Crippen molar-refractivity contribution in [2.75, 3.05) is 12.4 Å². The molecule has 3 aromatic heterocycles. The van der Waals surface area contributed by atoms with E-state index in [1.165, 1.54) is 11.6 Å². The number of rotatable bonds is 6. The molecule has 0 amide bonds. The van der Waals surface area contributed by atoms with E-state index in [9.17, 15) is 27.1 Å². The summed E-state index contributed by atoms with van der Waals surface area (Å²) < 4.78 is 72.3. The fraction of sp³-hybridized carbons (Fsp3) is 0.400. The summed E-state index contributed by atoms with van der Waals surface area (Å²) in [5, 5.41) is 24.4. The number of nitrogens with one attached hydrogen (secondary N) is 1. The lowest BCUT2D eigenvalue weighted by atomic mass is 9.75. The number of hydrogen-bond acceptors (Lipinski definition) is 7. The van der Waals surface area contributed by atoms with Crippen molar-refractivity contribution in [3.8, 4) is 17.0 Å². The average molecular weight is 483 g/mol. The summed E-state index contributed by atoms with van der Waals surface area (Å²) in [5.74, 6) is 0.192. The maximum absolute atomic E-state index is 12.9. The smallest absolute Gasteiger partial charge is 0.417 e. The summed E-state index contributed by atoms with van der Waals surface area (Å²) in [4.78, 5) is 4.26. The Bertz CT molecular complexity index is 1360. The third-order valence-electron chi connectivity index (χ3n) is 5.84. The van der Waals surface area contributed by atoms with Gasteiger partial charge in [0, 0.05) is 30.6 Å². The van der Waals surface area contributed by atoms with Crippen molar-refractivity contribution in [3.05, 3.63) is 30.5 Å². The first-order chi connectivity index (χ1) is 16.1. The fourth-order valence-electron chi connectivity index (χ4n) is 4.10. The Kier molecular flexibility index (Phi) is 5.07. The van der Waals surface area contributed by atoms with Crippen LogP contribution >= 0.6 is 0 Å². The molecule has 9 nitrogen and oxygen atoms in total. The Balaban J connectivity index is 1.47. The number of hydrogen-bond donors (Lipinski definition) is 2. The molecular formula is C20H18F5N7O2. The lowest BCUT2D eigenvalue weighted by Gasteiger charge is -2.44. The fourth-order valence-corrected chi connectivity index (χ4v) is 4.10. The second-order valence-electron chi connectivity index (χ2n) is 8.11. The zero-order valence-electron chi connectivity index (χ0n) is 17.6. The van der Waals surface area contributed by atoms with Gasteiger partial charge in [0.15, 0.2) is 5.60 Å². The predicted molar refractivity (Wildman–Crippen MR) is 110 cm³/mol. The number of alkyl halides is 5. The van der Waals surface area contributed by atoms with E-state index in [2.05, 4.69) is 25.7 Å². The number of benzene rings is 1. The molecule has 34 heavy (non-hydrogen) atoms. The Labute approximate surface area is 188 Å². The zero-order chi connectivity index (χ0) is 24.3. The number of methoxy groups -OCH3 is 1. The lowest BCUT2D eigenvalue weighted by Crippen LogP contribution is -2.59. The third-order valence-corrected chi connectivity index (χ3v) is 5.84. The van der Waals surface area contributed by atoms with Crippen LogP contribution in [0.15, 0.2) is 30.5 Å². The number of aliphatic hydroxyl groups is 1. The summed E-state index contributed by atoms with van der Waals surface area (Å²) >= 11 is 0. The van der Waals surface area contributed by atoms with E-state index in [1.807, 2.05) is 0 Å². The highest BCUT2D eigenvalue weighted by molar-refractivity contribution is 5.89. The van der Waals surface area contributed by atoms with Crippen molar-refractivity contribution >= 4 is 22.5 Å². The van der Waals surface area contributed by atoms with Crippen LogP contribution in [0.3, 0.4) is 0 Å². The number of nitrogens with zero attached hydrogens (tertiary/aromatic N) is 6. The second-order valence-corrected chi connectivity index (χ2v) is 8.11. The van der Waals surface area contributed by atoms with Gasteiger partial charge in [-0.25, -0.2) is 18.0 Å². The van der Waals surface area contributed by atoms with Crippen molar-refractivity contribution in [1.29, 1.82) is 0 Å². The molecule has 1 saturated carbocycles. The van der Waals surface area contributed by atoms with E-state index < -0.39 is 43.6 Å². The Morgan fingerprint density at radius 2 is 2.03 bits per heavy atom. The molecule has 14 heteroatoms. The van der Waals surface area contributed by atoms with Gasteiger partial charge in [0.05, 0.1) is 12.6 Å². The van der Waals surface area contributed by atoms with Crippen molar-refractivity contribution in [2.24, 2.45) is 0 Å². The molecule has 0 spiro atoms. The molecule has 180 valence electrons. The van der Waals surface area contributed by atoms with Crippen LogP contribution in [0, 0.1) is 0 Å². The molecule has 3 heterocycles. The molecule has 0 atom stereocenters. The van der Waals surface area contributed by atoms with Crippen molar-refractivity contribution in [2.45, 2.75) is 43.6 Å². The molecule has 1 aliphatic carbocycles. The van der Waals surface area contributed by atoms with E-state index in [1.54, 1.807) is 30.5 Å². The van der Waals surface area contributed by atoms with E-state index in [0.29, 0.717) is 27.7 Å². The van der Waals surface area contributed by atoms with Crippen LogP contribution in [0.2, 0.25) is 0 Å². The van der Waals surface area contributed by atoms with Gasteiger partial charge in [0.2, 0.25) is 11.8 Å². The first kappa shape index (κ1) is 22.3. The van der Waals surface area contributed by atoms with E-state index >= 15 is 0 Å². The van der Waals surface area contributed by atoms with Gasteiger partial charge in [0.25, 0.3) is 6.43 Å². The monoisotopic (exact) mass is 483 g/mol. The summed E-state index contributed by atoms with van der Waals surface area (Å²) in [5.41, 5.74) is -0.0565. The van der Waals surface area contributed by atoms with Crippen molar-refractivity contribution < 1.29 is 31.8 Å². The highest BCUT2D eigenvalue weighted by Gasteiger charge is 2.61. The quantitative estimate of drug-likeness (QED) is 0.406. The Morgan fingerprint density at radius 3 is 2.71 bits per heavy atom. The van der Waals surface area contributed by atoms with Gasteiger partial charge >= 0.3 is 6.18 Å². The number of anilines is 1. The maximum atomic E-state index is 12.9. The van der Waals surface area contributed by atoms with Gasteiger partial charge in [-0.3, -0.25) is 0 Å². The molecule has 1 aromatic carbocycles. The maximum Gasteiger partial charge on any atom is 0.417 e. The van der Waals surface area contributed by atoms with E-state index in [4.69, 9.17) is 4.74 Å². The topological polar surface area (TPSA) is 102 Å². The summed E-state index contributed by atoms with van der Waals surface area (Å²) in [6, 6.07) is 6.14. The van der Waals surface area contributed by atoms with Crippen LogP contribution in [-0.4, -0.2) is 66.1 Å². The van der Waals surface area contributed by atoms with Crippen LogP contribution in [0.1, 0.15) is 12.8 Å².